The van der Waals surface area contributed by atoms with E-state index in [1.165, 1.54) is 30.9 Å². The molecule has 0 aliphatic rings. The fraction of sp³-hybridized carbons (Fsp3) is 0.192. The Morgan fingerprint density at radius 2 is 1.70 bits per heavy atom. The van der Waals surface area contributed by atoms with E-state index in [0.29, 0.717) is 22.0 Å². The van der Waals surface area contributed by atoms with Crippen molar-refractivity contribution in [2.24, 2.45) is 0 Å². The Labute approximate surface area is 225 Å². The van der Waals surface area contributed by atoms with Gasteiger partial charge in [-0.05, 0) is 66.2 Å². The molecular weight excluding hydrogens is 556 g/mol. The molecule has 7 nitrogen and oxygen atoms in total. The SMILES string of the molecule is CP(=O)(C#Cc1cc(Cl)c(CNC(Cc2cccc(S(C)(=O)=O)c2)C(=O)O)c(Cl)c1)c1ccc(O)cc1. The molecule has 0 bridgehead atoms. The summed E-state index contributed by atoms with van der Waals surface area (Å²) in [6.45, 7) is 1.55. The average Bonchev–Trinajstić information content (AvgIpc) is 2.81. The Morgan fingerprint density at radius 1 is 1.08 bits per heavy atom. The maximum atomic E-state index is 13.0. The molecule has 0 aliphatic carbocycles. The second-order valence-corrected chi connectivity index (χ2v) is 13.9. The van der Waals surface area contributed by atoms with Gasteiger partial charge in [0.2, 0.25) is 0 Å². The van der Waals surface area contributed by atoms with Gasteiger partial charge in [-0.3, -0.25) is 10.1 Å². The first-order chi connectivity index (χ1) is 17.3. The standard InChI is InChI=1S/C26H24Cl2NO6PS/c1-36(33,20-8-6-19(30)7-9-20)11-10-18-13-23(27)22(24(28)14-18)16-29-25(26(31)32)15-17-4-3-5-21(12-17)37(2,34)35/h3-9,12-14,25,29-30H,15-16H2,1-2H3,(H,31,32). The minimum atomic E-state index is -3.43. The molecule has 194 valence electrons. The van der Waals surface area contributed by atoms with Gasteiger partial charge < -0.3 is 14.8 Å². The van der Waals surface area contributed by atoms with Crippen LogP contribution in [0.25, 0.3) is 0 Å². The second kappa shape index (κ2) is 11.7. The maximum Gasteiger partial charge on any atom is 0.321 e. The van der Waals surface area contributed by atoms with Crippen LogP contribution in [0.5, 0.6) is 5.75 Å². The molecule has 0 radical (unpaired) electrons. The smallest absolute Gasteiger partial charge is 0.321 e. The van der Waals surface area contributed by atoms with Crippen LogP contribution in [-0.2, 0) is 32.2 Å². The van der Waals surface area contributed by atoms with Crippen molar-refractivity contribution >= 4 is 51.5 Å². The highest BCUT2D eigenvalue weighted by molar-refractivity contribution is 7.90. The van der Waals surface area contributed by atoms with Crippen molar-refractivity contribution in [2.45, 2.75) is 23.9 Å². The van der Waals surface area contributed by atoms with E-state index in [4.69, 9.17) is 23.2 Å². The minimum absolute atomic E-state index is 0.0356. The Morgan fingerprint density at radius 3 is 2.27 bits per heavy atom. The zero-order chi connectivity index (χ0) is 27.4. The van der Waals surface area contributed by atoms with Crippen molar-refractivity contribution < 1.29 is 28.0 Å². The summed E-state index contributed by atoms with van der Waals surface area (Å²) in [5.41, 5.74) is 4.21. The summed E-state index contributed by atoms with van der Waals surface area (Å²) in [5, 5.41) is 23.0. The number of halogens is 2. The zero-order valence-corrected chi connectivity index (χ0v) is 23.1. The van der Waals surface area contributed by atoms with Crippen LogP contribution in [0.3, 0.4) is 0 Å². The van der Waals surface area contributed by atoms with Crippen LogP contribution in [-0.4, -0.2) is 43.6 Å². The monoisotopic (exact) mass is 579 g/mol. The number of aromatic hydroxyl groups is 1. The van der Waals surface area contributed by atoms with Gasteiger partial charge in [0.15, 0.2) is 17.0 Å². The van der Waals surface area contributed by atoms with Gasteiger partial charge in [-0.15, -0.1) is 0 Å². The van der Waals surface area contributed by atoms with E-state index in [1.807, 2.05) is 0 Å². The normalized spacial score (nSPS) is 13.7. The lowest BCUT2D eigenvalue weighted by molar-refractivity contribution is -0.139. The zero-order valence-electron chi connectivity index (χ0n) is 19.9. The van der Waals surface area contributed by atoms with Crippen LogP contribution in [0.1, 0.15) is 16.7 Å². The fourth-order valence-electron chi connectivity index (χ4n) is 3.43. The summed E-state index contributed by atoms with van der Waals surface area (Å²) < 4.78 is 36.6. The third-order valence-electron chi connectivity index (χ3n) is 5.49. The largest absolute Gasteiger partial charge is 0.508 e. The molecule has 37 heavy (non-hydrogen) atoms. The number of benzene rings is 3. The van der Waals surface area contributed by atoms with Gasteiger partial charge >= 0.3 is 5.97 Å². The van der Waals surface area contributed by atoms with Crippen LogP contribution >= 0.6 is 30.3 Å². The number of phenols is 1. The fourth-order valence-corrected chi connectivity index (χ4v) is 5.93. The van der Waals surface area contributed by atoms with E-state index in [-0.39, 0.29) is 33.7 Å². The molecule has 11 heteroatoms. The van der Waals surface area contributed by atoms with Crippen LogP contribution < -0.4 is 10.6 Å². The van der Waals surface area contributed by atoms with Crippen molar-refractivity contribution in [3.8, 4) is 17.3 Å². The minimum Gasteiger partial charge on any atom is -0.508 e. The van der Waals surface area contributed by atoms with Gasteiger partial charge in [-0.25, -0.2) is 8.42 Å². The number of phenolic OH excluding ortho intramolecular Hbond substituents is 1. The lowest BCUT2D eigenvalue weighted by atomic mass is 10.1. The number of aliphatic carboxylic acids is 1. The first-order valence-corrected chi connectivity index (χ1v) is 15.7. The van der Waals surface area contributed by atoms with E-state index in [2.05, 4.69) is 16.9 Å². The number of rotatable bonds is 8. The molecule has 0 aromatic heterocycles. The third kappa shape index (κ3) is 7.85. The topological polar surface area (TPSA) is 121 Å². The van der Waals surface area contributed by atoms with Gasteiger partial charge in [0.25, 0.3) is 0 Å². The van der Waals surface area contributed by atoms with E-state index in [9.17, 15) is 28.0 Å². The number of carboxylic acid groups (broad SMARTS) is 1. The third-order valence-corrected chi connectivity index (χ3v) is 9.09. The van der Waals surface area contributed by atoms with Crippen molar-refractivity contribution in [1.82, 2.24) is 5.32 Å². The molecule has 3 aromatic rings. The second-order valence-electron chi connectivity index (χ2n) is 8.49. The average molecular weight is 580 g/mol. The van der Waals surface area contributed by atoms with Crippen molar-refractivity contribution in [1.29, 1.82) is 0 Å². The summed E-state index contributed by atoms with van der Waals surface area (Å²) in [5.74, 6) is 1.78. The molecule has 0 heterocycles. The summed E-state index contributed by atoms with van der Waals surface area (Å²) in [6, 6.07) is 14.2. The quantitative estimate of drug-likeness (QED) is 0.265. The van der Waals surface area contributed by atoms with Crippen LogP contribution in [0, 0.1) is 11.6 Å². The summed E-state index contributed by atoms with van der Waals surface area (Å²) in [4.78, 5) is 12.0. The molecule has 2 atom stereocenters. The lowest BCUT2D eigenvalue weighted by Crippen LogP contribution is -2.38. The molecule has 2 unspecified atom stereocenters. The summed E-state index contributed by atoms with van der Waals surface area (Å²) in [7, 11) is -6.46. The van der Waals surface area contributed by atoms with Crippen molar-refractivity contribution in [3.05, 3.63) is 87.4 Å². The van der Waals surface area contributed by atoms with Gasteiger partial charge in [0, 0.05) is 45.9 Å². The van der Waals surface area contributed by atoms with Gasteiger partial charge in [0.1, 0.15) is 11.8 Å². The molecule has 0 fully saturated rings. The first-order valence-electron chi connectivity index (χ1n) is 10.9. The molecule has 0 aliphatic heterocycles. The molecule has 3 N–H and O–H groups in total. The predicted octanol–water partition coefficient (Wildman–Crippen LogP) is 4.52. The van der Waals surface area contributed by atoms with Crippen LogP contribution in [0.4, 0.5) is 0 Å². The highest BCUT2D eigenvalue weighted by atomic mass is 35.5. The molecule has 0 saturated carbocycles. The number of nitrogens with one attached hydrogen (secondary N) is 1. The molecule has 0 saturated heterocycles. The highest BCUT2D eigenvalue weighted by Crippen LogP contribution is 2.39. The lowest BCUT2D eigenvalue weighted by Gasteiger charge is -2.16. The van der Waals surface area contributed by atoms with E-state index in [0.717, 1.165) is 6.26 Å². The number of sulfone groups is 1. The van der Waals surface area contributed by atoms with Gasteiger partial charge in [-0.2, -0.15) is 0 Å². The maximum absolute atomic E-state index is 13.0. The summed E-state index contributed by atoms with van der Waals surface area (Å²) in [6.07, 6.45) is 1.13. The Bertz CT molecular complexity index is 1520. The van der Waals surface area contributed by atoms with Crippen molar-refractivity contribution in [3.63, 3.8) is 0 Å². The molecule has 3 aromatic carbocycles. The van der Waals surface area contributed by atoms with Crippen molar-refractivity contribution in [2.75, 3.05) is 12.9 Å². The highest BCUT2D eigenvalue weighted by Gasteiger charge is 2.20. The predicted molar refractivity (Wildman–Crippen MR) is 146 cm³/mol. The number of carboxylic acids is 1. The number of hydrogen-bond acceptors (Lipinski definition) is 6. The summed E-state index contributed by atoms with van der Waals surface area (Å²) >= 11 is 12.8. The Balaban J connectivity index is 1.76. The van der Waals surface area contributed by atoms with Gasteiger partial charge in [-0.1, -0.05) is 41.3 Å². The first kappa shape index (κ1) is 28.8. The number of hydrogen-bond donors (Lipinski definition) is 3. The van der Waals surface area contributed by atoms with Gasteiger partial charge in [0.05, 0.1) is 4.90 Å². The number of carbonyl (C=O) groups is 1. The Kier molecular flexibility index (Phi) is 9.12. The molecular formula is C26H24Cl2NO6PS. The molecule has 0 amide bonds. The molecule has 0 spiro atoms. The van der Waals surface area contributed by atoms with E-state index in [1.54, 1.807) is 36.4 Å². The van der Waals surface area contributed by atoms with Crippen LogP contribution in [0.2, 0.25) is 10.0 Å². The van der Waals surface area contributed by atoms with E-state index >= 15 is 0 Å². The van der Waals surface area contributed by atoms with Crippen LogP contribution in [0.15, 0.2) is 65.6 Å². The van der Waals surface area contributed by atoms with E-state index < -0.39 is 29.0 Å². The molecule has 3 rings (SSSR count). The Hall–Kier alpha value is -2.79.